The number of carbonyl (C=O) groups excluding carboxylic acids is 1. The number of H-pyrrole nitrogens is 1. The minimum absolute atomic E-state index is 0.0824. The summed E-state index contributed by atoms with van der Waals surface area (Å²) in [6, 6.07) is 1.85. The monoisotopic (exact) mass is 366 g/mol. The number of ether oxygens (including phenoxy) is 1. The molecule has 0 atom stereocenters. The summed E-state index contributed by atoms with van der Waals surface area (Å²) in [6.45, 7) is 7.67. The zero-order valence-corrected chi connectivity index (χ0v) is 16.0. The largest absolute Gasteiger partial charge is 0.383 e. The number of fused-ring (bicyclic) bond motifs is 1. The number of nitrogens with one attached hydrogen (secondary N) is 2. The van der Waals surface area contributed by atoms with E-state index in [4.69, 9.17) is 4.74 Å². The van der Waals surface area contributed by atoms with Gasteiger partial charge in [0.2, 0.25) is 5.91 Å². The standard InChI is InChI=1S/C17H26N4O3S/c1-11(2)5-7-21-16(23)15-13(9-12(3)19-15)20-17(21)25-10-14(22)18-6-8-24-4/h9,11,19H,5-8,10H2,1-4H3,(H,18,22). The summed E-state index contributed by atoms with van der Waals surface area (Å²) in [5, 5.41) is 3.36. The van der Waals surface area contributed by atoms with Crippen molar-refractivity contribution in [3.05, 3.63) is 22.1 Å². The molecule has 8 heteroatoms. The second-order valence-corrected chi connectivity index (χ2v) is 7.32. The van der Waals surface area contributed by atoms with Crippen molar-refractivity contribution in [3.8, 4) is 0 Å². The lowest BCUT2D eigenvalue weighted by molar-refractivity contribution is -0.118. The first-order valence-electron chi connectivity index (χ1n) is 8.41. The van der Waals surface area contributed by atoms with Crippen molar-refractivity contribution >= 4 is 28.7 Å². The SMILES string of the molecule is COCCNC(=O)CSc1nc2cc(C)[nH]c2c(=O)n1CCC(C)C. The van der Waals surface area contributed by atoms with Gasteiger partial charge in [-0.2, -0.15) is 0 Å². The number of thioether (sulfide) groups is 1. The van der Waals surface area contributed by atoms with Gasteiger partial charge in [-0.1, -0.05) is 25.6 Å². The van der Waals surface area contributed by atoms with Crippen LogP contribution in [0.5, 0.6) is 0 Å². The predicted molar refractivity (Wildman–Crippen MR) is 100 cm³/mol. The van der Waals surface area contributed by atoms with Crippen LogP contribution in [0.4, 0.5) is 0 Å². The Morgan fingerprint density at radius 1 is 1.48 bits per heavy atom. The summed E-state index contributed by atoms with van der Waals surface area (Å²) >= 11 is 1.29. The fourth-order valence-corrected chi connectivity index (χ4v) is 3.23. The number of aryl methyl sites for hydroxylation is 1. The molecular weight excluding hydrogens is 340 g/mol. The van der Waals surface area contributed by atoms with Crippen molar-refractivity contribution in [1.29, 1.82) is 0 Å². The predicted octanol–water partition coefficient (Wildman–Crippen LogP) is 1.93. The highest BCUT2D eigenvalue weighted by atomic mass is 32.2. The van der Waals surface area contributed by atoms with Crippen molar-refractivity contribution in [2.24, 2.45) is 5.92 Å². The first kappa shape index (κ1) is 19.5. The first-order chi connectivity index (χ1) is 11.9. The van der Waals surface area contributed by atoms with E-state index in [0.717, 1.165) is 12.1 Å². The molecule has 0 spiro atoms. The van der Waals surface area contributed by atoms with Crippen LogP contribution in [-0.2, 0) is 16.1 Å². The maximum Gasteiger partial charge on any atom is 0.278 e. The minimum Gasteiger partial charge on any atom is -0.383 e. The molecule has 7 nitrogen and oxygen atoms in total. The van der Waals surface area contributed by atoms with E-state index >= 15 is 0 Å². The molecule has 0 bridgehead atoms. The second-order valence-electron chi connectivity index (χ2n) is 6.38. The molecule has 138 valence electrons. The van der Waals surface area contributed by atoms with E-state index in [1.165, 1.54) is 11.8 Å². The summed E-state index contributed by atoms with van der Waals surface area (Å²) in [7, 11) is 1.59. The molecule has 1 amide bonds. The molecule has 0 unspecified atom stereocenters. The maximum atomic E-state index is 12.8. The van der Waals surface area contributed by atoms with E-state index in [9.17, 15) is 9.59 Å². The zero-order valence-electron chi connectivity index (χ0n) is 15.2. The van der Waals surface area contributed by atoms with Gasteiger partial charge >= 0.3 is 0 Å². The number of amides is 1. The highest BCUT2D eigenvalue weighted by molar-refractivity contribution is 7.99. The third kappa shape index (κ3) is 5.34. The van der Waals surface area contributed by atoms with E-state index in [0.29, 0.717) is 41.8 Å². The third-order valence-electron chi connectivity index (χ3n) is 3.73. The highest BCUT2D eigenvalue weighted by Gasteiger charge is 2.15. The Hall–Kier alpha value is -1.80. The van der Waals surface area contributed by atoms with Gasteiger partial charge in [-0.15, -0.1) is 0 Å². The van der Waals surface area contributed by atoms with Crippen LogP contribution in [0, 0.1) is 12.8 Å². The Kier molecular flexibility index (Phi) is 7.07. The maximum absolute atomic E-state index is 12.8. The van der Waals surface area contributed by atoms with E-state index < -0.39 is 0 Å². The minimum atomic E-state index is -0.0999. The number of methoxy groups -OCH3 is 1. The lowest BCUT2D eigenvalue weighted by atomic mass is 10.1. The summed E-state index contributed by atoms with van der Waals surface area (Å²) in [4.78, 5) is 32.4. The molecule has 0 aliphatic carbocycles. The van der Waals surface area contributed by atoms with Crippen LogP contribution < -0.4 is 10.9 Å². The fraction of sp³-hybridized carbons (Fsp3) is 0.588. The van der Waals surface area contributed by atoms with Gasteiger partial charge in [0.1, 0.15) is 5.52 Å². The Morgan fingerprint density at radius 2 is 2.24 bits per heavy atom. The van der Waals surface area contributed by atoms with Crippen LogP contribution in [0.15, 0.2) is 16.0 Å². The molecule has 0 aromatic carbocycles. The molecule has 0 radical (unpaired) electrons. The third-order valence-corrected chi connectivity index (χ3v) is 4.70. The van der Waals surface area contributed by atoms with Crippen molar-refractivity contribution in [3.63, 3.8) is 0 Å². The quantitative estimate of drug-likeness (QED) is 0.402. The van der Waals surface area contributed by atoms with Gasteiger partial charge < -0.3 is 15.0 Å². The number of nitrogens with zero attached hydrogens (tertiary/aromatic N) is 2. The number of rotatable bonds is 9. The smallest absolute Gasteiger partial charge is 0.278 e. The van der Waals surface area contributed by atoms with Gasteiger partial charge in [-0.05, 0) is 25.3 Å². The van der Waals surface area contributed by atoms with Gasteiger partial charge in [-0.3, -0.25) is 14.2 Å². The molecule has 0 saturated carbocycles. The van der Waals surface area contributed by atoms with Crippen LogP contribution in [0.25, 0.3) is 11.0 Å². The van der Waals surface area contributed by atoms with Crippen LogP contribution in [0.2, 0.25) is 0 Å². The van der Waals surface area contributed by atoms with Gasteiger partial charge in [0.05, 0.1) is 17.9 Å². The Morgan fingerprint density at radius 3 is 2.92 bits per heavy atom. The average Bonchev–Trinajstić information content (AvgIpc) is 2.93. The second kappa shape index (κ2) is 9.05. The molecule has 2 N–H and O–H groups in total. The lowest BCUT2D eigenvalue weighted by Crippen LogP contribution is -2.29. The van der Waals surface area contributed by atoms with E-state index in [-0.39, 0.29) is 17.2 Å². The van der Waals surface area contributed by atoms with Crippen LogP contribution in [0.1, 0.15) is 26.0 Å². The van der Waals surface area contributed by atoms with Crippen molar-refractivity contribution < 1.29 is 9.53 Å². The molecule has 25 heavy (non-hydrogen) atoms. The Balaban J connectivity index is 2.21. The van der Waals surface area contributed by atoms with Gasteiger partial charge in [0, 0.05) is 25.9 Å². The molecule has 2 aromatic rings. The first-order valence-corrected chi connectivity index (χ1v) is 9.39. The van der Waals surface area contributed by atoms with Crippen LogP contribution in [0.3, 0.4) is 0 Å². The number of hydrogen-bond acceptors (Lipinski definition) is 5. The molecule has 0 aliphatic rings. The topological polar surface area (TPSA) is 89.0 Å². The summed E-state index contributed by atoms with van der Waals surface area (Å²) < 4.78 is 6.58. The zero-order chi connectivity index (χ0) is 18.4. The summed E-state index contributed by atoms with van der Waals surface area (Å²) in [6.07, 6.45) is 0.875. The molecular formula is C17H26N4O3S. The molecule has 0 saturated heterocycles. The fourth-order valence-electron chi connectivity index (χ4n) is 2.38. The van der Waals surface area contributed by atoms with E-state index in [2.05, 4.69) is 29.1 Å². The van der Waals surface area contributed by atoms with Crippen molar-refractivity contribution in [1.82, 2.24) is 19.9 Å². The van der Waals surface area contributed by atoms with Gasteiger partial charge in [0.15, 0.2) is 5.16 Å². The molecule has 2 aromatic heterocycles. The van der Waals surface area contributed by atoms with Crippen LogP contribution in [-0.4, -0.2) is 46.5 Å². The van der Waals surface area contributed by atoms with Crippen molar-refractivity contribution in [2.45, 2.75) is 38.9 Å². The normalized spacial score (nSPS) is 11.4. The van der Waals surface area contributed by atoms with Gasteiger partial charge in [0.25, 0.3) is 5.56 Å². The summed E-state index contributed by atoms with van der Waals surface area (Å²) in [5.74, 6) is 0.590. The van der Waals surface area contributed by atoms with E-state index in [1.807, 2.05) is 13.0 Å². The highest BCUT2D eigenvalue weighted by Crippen LogP contribution is 2.19. The van der Waals surface area contributed by atoms with Gasteiger partial charge in [-0.25, -0.2) is 4.98 Å². The molecule has 2 heterocycles. The Labute approximate surface area is 151 Å². The molecule has 0 fully saturated rings. The number of hydrogen-bond donors (Lipinski definition) is 2. The lowest BCUT2D eigenvalue weighted by Gasteiger charge is -2.13. The van der Waals surface area contributed by atoms with Crippen LogP contribution >= 0.6 is 11.8 Å². The van der Waals surface area contributed by atoms with E-state index in [1.54, 1.807) is 11.7 Å². The summed E-state index contributed by atoms with van der Waals surface area (Å²) in [5.41, 5.74) is 1.98. The average molecular weight is 366 g/mol. The number of aromatic amines is 1. The molecule has 2 rings (SSSR count). The van der Waals surface area contributed by atoms with Crippen molar-refractivity contribution in [2.75, 3.05) is 26.0 Å². The Bertz CT molecular complexity index is 782. The number of aromatic nitrogens is 3. The molecule has 0 aliphatic heterocycles. The number of carbonyl (C=O) groups is 1.